The Kier molecular flexibility index (Phi) is 4.50. The second-order valence-corrected chi connectivity index (χ2v) is 5.83. The number of aryl methyl sites for hydroxylation is 1. The van der Waals surface area contributed by atoms with E-state index >= 15 is 0 Å². The molecule has 0 saturated heterocycles. The van der Waals surface area contributed by atoms with Crippen molar-refractivity contribution >= 4 is 56.3 Å². The molecule has 0 aliphatic carbocycles. The normalized spacial score (nSPS) is 11.3. The molecule has 0 aromatic heterocycles. The van der Waals surface area contributed by atoms with Crippen LogP contribution < -0.4 is 5.73 Å². The monoisotopic (exact) mass is 401 g/mol. The van der Waals surface area contributed by atoms with E-state index in [-0.39, 0.29) is 24.0 Å². The molecule has 4 aromatic carbocycles. The summed E-state index contributed by atoms with van der Waals surface area (Å²) in [6.07, 6.45) is 3.38. The molecule has 0 saturated carbocycles. The van der Waals surface area contributed by atoms with Gasteiger partial charge in [0.05, 0.1) is 0 Å². The van der Waals surface area contributed by atoms with Gasteiger partial charge in [0.15, 0.2) is 0 Å². The number of rotatable bonds is 4. The first-order valence-electron chi connectivity index (χ1n) is 7.74. The molecule has 1 nitrogen and oxygen atoms in total. The zero-order chi connectivity index (χ0) is 14.2. The number of halogens is 1. The maximum Gasteiger partial charge on any atom is -0.00240 e. The van der Waals surface area contributed by atoms with Crippen molar-refractivity contribution in [3.8, 4) is 0 Å². The van der Waals surface area contributed by atoms with Crippen molar-refractivity contribution in [2.24, 2.45) is 5.73 Å². The Balaban J connectivity index is 0.00000144. The van der Waals surface area contributed by atoms with Gasteiger partial charge in [-0.3, -0.25) is 0 Å². The van der Waals surface area contributed by atoms with E-state index in [9.17, 15) is 0 Å². The first kappa shape index (κ1) is 15.5. The van der Waals surface area contributed by atoms with Gasteiger partial charge >= 0.3 is 0 Å². The summed E-state index contributed by atoms with van der Waals surface area (Å²) in [5.41, 5.74) is 7.08. The second-order valence-electron chi connectivity index (χ2n) is 5.83. The van der Waals surface area contributed by atoms with E-state index in [1.54, 1.807) is 0 Å². The largest absolute Gasteiger partial charge is 0.330 e. The van der Waals surface area contributed by atoms with E-state index in [2.05, 4.69) is 54.6 Å². The molecule has 0 radical (unpaired) electrons. The summed E-state index contributed by atoms with van der Waals surface area (Å²) in [5.74, 6) is 0. The Labute approximate surface area is 147 Å². The minimum absolute atomic E-state index is 0. The molecular formula is C20H20IN. The van der Waals surface area contributed by atoms with Gasteiger partial charge in [-0.2, -0.15) is 0 Å². The van der Waals surface area contributed by atoms with Gasteiger partial charge in [-0.05, 0) is 63.7 Å². The summed E-state index contributed by atoms with van der Waals surface area (Å²) in [7, 11) is 0. The van der Waals surface area contributed by atoms with Gasteiger partial charge in [0, 0.05) is 0 Å². The van der Waals surface area contributed by atoms with Crippen LogP contribution in [-0.4, -0.2) is 6.54 Å². The minimum atomic E-state index is 0. The molecule has 0 bridgehead atoms. The smallest absolute Gasteiger partial charge is 0.00240 e. The van der Waals surface area contributed by atoms with Crippen LogP contribution in [0.4, 0.5) is 0 Å². The topological polar surface area (TPSA) is 26.0 Å². The van der Waals surface area contributed by atoms with Gasteiger partial charge in [0.1, 0.15) is 0 Å². The molecule has 22 heavy (non-hydrogen) atoms. The van der Waals surface area contributed by atoms with E-state index < -0.39 is 0 Å². The lowest BCUT2D eigenvalue weighted by Crippen LogP contribution is -1.99. The lowest BCUT2D eigenvalue weighted by Gasteiger charge is -2.13. The van der Waals surface area contributed by atoms with Gasteiger partial charge in [-0.1, -0.05) is 54.6 Å². The summed E-state index contributed by atoms with van der Waals surface area (Å²) in [5, 5.41) is 8.27. The average molecular weight is 401 g/mol. The summed E-state index contributed by atoms with van der Waals surface area (Å²) in [4.78, 5) is 0. The second kappa shape index (κ2) is 6.39. The number of nitrogens with two attached hydrogens (primary N) is 1. The molecule has 2 N–H and O–H groups in total. The van der Waals surface area contributed by atoms with Crippen LogP contribution in [0.15, 0.2) is 54.6 Å². The zero-order valence-electron chi connectivity index (χ0n) is 12.5. The van der Waals surface area contributed by atoms with Crippen LogP contribution >= 0.6 is 24.0 Å². The van der Waals surface area contributed by atoms with Crippen LogP contribution in [0.2, 0.25) is 0 Å². The van der Waals surface area contributed by atoms with E-state index in [1.807, 2.05) is 0 Å². The molecule has 0 unspecified atom stereocenters. The molecule has 2 heteroatoms. The van der Waals surface area contributed by atoms with Crippen molar-refractivity contribution in [1.82, 2.24) is 0 Å². The van der Waals surface area contributed by atoms with Crippen molar-refractivity contribution in [2.75, 3.05) is 6.54 Å². The lowest BCUT2D eigenvalue weighted by molar-refractivity contribution is 0.747. The Hall–Kier alpha value is -1.39. The summed E-state index contributed by atoms with van der Waals surface area (Å²) >= 11 is 0. The highest BCUT2D eigenvalue weighted by Crippen LogP contribution is 2.36. The number of hydrogen-bond acceptors (Lipinski definition) is 1. The quantitative estimate of drug-likeness (QED) is 0.273. The number of hydrogen-bond donors (Lipinski definition) is 1. The highest BCUT2D eigenvalue weighted by Gasteiger charge is 2.10. The van der Waals surface area contributed by atoms with Gasteiger partial charge in [-0.25, -0.2) is 0 Å². The molecule has 0 aliphatic rings. The maximum absolute atomic E-state index is 5.62. The van der Waals surface area contributed by atoms with Crippen LogP contribution in [0.5, 0.6) is 0 Å². The third-order valence-corrected chi connectivity index (χ3v) is 4.52. The molecule has 0 fully saturated rings. The van der Waals surface area contributed by atoms with Crippen molar-refractivity contribution in [2.45, 2.75) is 19.3 Å². The Morgan fingerprint density at radius 1 is 0.682 bits per heavy atom. The molecule has 4 rings (SSSR count). The molecule has 0 amide bonds. The van der Waals surface area contributed by atoms with Crippen LogP contribution in [0, 0.1) is 0 Å². The van der Waals surface area contributed by atoms with Crippen molar-refractivity contribution in [3.05, 3.63) is 60.2 Å². The first-order valence-corrected chi connectivity index (χ1v) is 7.74. The molecule has 112 valence electrons. The first-order chi connectivity index (χ1) is 10.4. The molecule has 0 spiro atoms. The van der Waals surface area contributed by atoms with E-state index in [4.69, 9.17) is 5.73 Å². The fourth-order valence-electron chi connectivity index (χ4n) is 3.47. The van der Waals surface area contributed by atoms with E-state index in [0.29, 0.717) is 0 Å². The summed E-state index contributed by atoms with van der Waals surface area (Å²) < 4.78 is 0. The number of benzene rings is 4. The summed E-state index contributed by atoms with van der Waals surface area (Å²) in [6.45, 7) is 0.784. The van der Waals surface area contributed by atoms with E-state index in [1.165, 1.54) is 44.3 Å². The van der Waals surface area contributed by atoms with Gasteiger partial charge in [0.25, 0.3) is 0 Å². The SMILES string of the molecule is I.NCCCCc1ccc2ccc3cccc4ccc1c2c34. The fourth-order valence-corrected chi connectivity index (χ4v) is 3.47. The van der Waals surface area contributed by atoms with Gasteiger partial charge < -0.3 is 5.73 Å². The fraction of sp³-hybridized carbons (Fsp3) is 0.200. The summed E-state index contributed by atoms with van der Waals surface area (Å²) in [6, 6.07) is 20.2. The molecule has 0 heterocycles. The predicted octanol–water partition coefficient (Wildman–Crippen LogP) is 5.48. The van der Waals surface area contributed by atoms with Crippen molar-refractivity contribution < 1.29 is 0 Å². The Morgan fingerprint density at radius 2 is 1.32 bits per heavy atom. The van der Waals surface area contributed by atoms with Crippen molar-refractivity contribution in [1.29, 1.82) is 0 Å². The van der Waals surface area contributed by atoms with Gasteiger partial charge in [0.2, 0.25) is 0 Å². The zero-order valence-corrected chi connectivity index (χ0v) is 14.8. The van der Waals surface area contributed by atoms with Crippen LogP contribution in [0.3, 0.4) is 0 Å². The van der Waals surface area contributed by atoms with Gasteiger partial charge in [-0.15, -0.1) is 24.0 Å². The molecule has 4 aromatic rings. The highest BCUT2D eigenvalue weighted by molar-refractivity contribution is 14.0. The highest BCUT2D eigenvalue weighted by atomic mass is 127. The predicted molar refractivity (Wildman–Crippen MR) is 108 cm³/mol. The van der Waals surface area contributed by atoms with Crippen molar-refractivity contribution in [3.63, 3.8) is 0 Å². The van der Waals surface area contributed by atoms with Crippen LogP contribution in [0.25, 0.3) is 32.3 Å². The van der Waals surface area contributed by atoms with Crippen LogP contribution in [-0.2, 0) is 6.42 Å². The minimum Gasteiger partial charge on any atom is -0.330 e. The molecular weight excluding hydrogens is 381 g/mol. The average Bonchev–Trinajstić information content (AvgIpc) is 2.54. The van der Waals surface area contributed by atoms with E-state index in [0.717, 1.165) is 19.4 Å². The standard InChI is InChI=1S/C20H19N.HI/c21-13-2-1-4-14-7-8-17-10-9-15-5-3-6-16-11-12-18(14)20(17)19(15)16;/h3,5-12H,1-2,4,13,21H2;1H. The molecule has 0 atom stereocenters. The number of unbranched alkanes of at least 4 members (excludes halogenated alkanes) is 1. The third kappa shape index (κ3) is 2.44. The third-order valence-electron chi connectivity index (χ3n) is 4.52. The Bertz CT molecular complexity index is 898. The maximum atomic E-state index is 5.62. The lowest BCUT2D eigenvalue weighted by atomic mass is 9.90. The van der Waals surface area contributed by atoms with Crippen LogP contribution in [0.1, 0.15) is 18.4 Å². The molecule has 0 aliphatic heterocycles. The Morgan fingerprint density at radius 3 is 2.05 bits per heavy atom.